The van der Waals surface area contributed by atoms with Gasteiger partial charge in [0.1, 0.15) is 0 Å². The van der Waals surface area contributed by atoms with E-state index in [1.54, 1.807) is 0 Å². The van der Waals surface area contributed by atoms with Crippen LogP contribution < -0.4 is 0 Å². The Morgan fingerprint density at radius 2 is 2.00 bits per heavy atom. The molecule has 0 unspecified atom stereocenters. The van der Waals surface area contributed by atoms with Crippen molar-refractivity contribution in [3.8, 4) is 0 Å². The zero-order valence-electron chi connectivity index (χ0n) is 9.08. The molecule has 2 heterocycles. The lowest BCUT2D eigenvalue weighted by Gasteiger charge is -2.26. The lowest BCUT2D eigenvalue weighted by atomic mass is 10.2. The monoisotopic (exact) mass is 214 g/mol. The molecule has 0 spiro atoms. The second-order valence-corrected chi connectivity index (χ2v) is 4.14. The Morgan fingerprint density at radius 3 is 2.88 bits per heavy atom. The molecule has 0 N–H and O–H groups in total. The Bertz CT molecular complexity index is 463. The zero-order valence-corrected chi connectivity index (χ0v) is 9.08. The smallest absolute Gasteiger partial charge is 0.0738 e. The van der Waals surface area contributed by atoms with E-state index >= 15 is 0 Å². The molecule has 0 saturated heterocycles. The first-order valence-electron chi connectivity index (χ1n) is 5.55. The maximum atomic E-state index is 4.04. The summed E-state index contributed by atoms with van der Waals surface area (Å²) in [6, 6.07) is 10.6. The van der Waals surface area contributed by atoms with Gasteiger partial charge in [-0.2, -0.15) is 0 Å². The van der Waals surface area contributed by atoms with Gasteiger partial charge in [-0.15, -0.1) is 5.10 Å². The van der Waals surface area contributed by atoms with Crippen molar-refractivity contribution in [2.24, 2.45) is 0 Å². The van der Waals surface area contributed by atoms with E-state index in [-0.39, 0.29) is 0 Å². The molecular weight excluding hydrogens is 200 g/mol. The molecule has 0 fully saturated rings. The van der Waals surface area contributed by atoms with Gasteiger partial charge in [0.25, 0.3) is 0 Å². The number of fused-ring (bicyclic) bond motifs is 1. The van der Waals surface area contributed by atoms with E-state index in [9.17, 15) is 0 Å². The molecule has 0 atom stereocenters. The van der Waals surface area contributed by atoms with Gasteiger partial charge in [0.15, 0.2) is 0 Å². The van der Waals surface area contributed by atoms with Crippen molar-refractivity contribution in [3.05, 3.63) is 47.8 Å². The summed E-state index contributed by atoms with van der Waals surface area (Å²) in [6.07, 6.45) is 1.86. The molecule has 1 aromatic heterocycles. The van der Waals surface area contributed by atoms with Gasteiger partial charge >= 0.3 is 0 Å². The zero-order chi connectivity index (χ0) is 10.8. The van der Waals surface area contributed by atoms with Gasteiger partial charge in [-0.25, -0.2) is 4.68 Å². The predicted molar refractivity (Wildman–Crippen MR) is 60.6 cm³/mol. The Hall–Kier alpha value is -1.68. The molecule has 0 radical (unpaired) electrons. The van der Waals surface area contributed by atoms with Crippen LogP contribution in [0.15, 0.2) is 36.5 Å². The van der Waals surface area contributed by atoms with Crippen LogP contribution in [0.3, 0.4) is 0 Å². The summed E-state index contributed by atoms with van der Waals surface area (Å²) >= 11 is 0. The van der Waals surface area contributed by atoms with Crippen LogP contribution in [0.5, 0.6) is 0 Å². The molecule has 1 aliphatic heterocycles. The van der Waals surface area contributed by atoms with Crippen molar-refractivity contribution in [3.63, 3.8) is 0 Å². The molecule has 4 heteroatoms. The van der Waals surface area contributed by atoms with Gasteiger partial charge in [0.2, 0.25) is 0 Å². The van der Waals surface area contributed by atoms with E-state index in [0.29, 0.717) is 0 Å². The first-order chi connectivity index (χ1) is 7.92. The molecule has 2 aromatic rings. The van der Waals surface area contributed by atoms with Crippen molar-refractivity contribution in [2.75, 3.05) is 6.54 Å². The topological polar surface area (TPSA) is 34.0 Å². The van der Waals surface area contributed by atoms with Gasteiger partial charge in [-0.3, -0.25) is 4.90 Å². The van der Waals surface area contributed by atoms with E-state index in [1.807, 2.05) is 10.9 Å². The minimum Gasteiger partial charge on any atom is -0.291 e. The van der Waals surface area contributed by atoms with E-state index in [4.69, 9.17) is 0 Å². The molecule has 1 aromatic carbocycles. The van der Waals surface area contributed by atoms with Gasteiger partial charge < -0.3 is 0 Å². The normalized spacial score (nSPS) is 16.0. The molecule has 0 aliphatic carbocycles. The van der Waals surface area contributed by atoms with Crippen LogP contribution in [0.25, 0.3) is 0 Å². The van der Waals surface area contributed by atoms with Crippen LogP contribution in [-0.4, -0.2) is 26.4 Å². The van der Waals surface area contributed by atoms with Crippen LogP contribution in [0, 0.1) is 0 Å². The molecular formula is C12H14N4. The lowest BCUT2D eigenvalue weighted by Crippen LogP contribution is -2.33. The quantitative estimate of drug-likeness (QED) is 0.755. The van der Waals surface area contributed by atoms with Gasteiger partial charge in [0.05, 0.1) is 18.4 Å². The summed E-state index contributed by atoms with van der Waals surface area (Å²) in [5.74, 6) is 0. The fourth-order valence-corrected chi connectivity index (χ4v) is 2.11. The largest absolute Gasteiger partial charge is 0.291 e. The molecule has 0 amide bonds. The maximum Gasteiger partial charge on any atom is 0.0738 e. The third kappa shape index (κ3) is 1.84. The highest BCUT2D eigenvalue weighted by Gasteiger charge is 2.16. The second kappa shape index (κ2) is 4.06. The molecule has 4 nitrogen and oxygen atoms in total. The number of hydrogen-bond donors (Lipinski definition) is 0. The van der Waals surface area contributed by atoms with E-state index in [2.05, 4.69) is 45.5 Å². The highest BCUT2D eigenvalue weighted by atomic mass is 15.4. The highest BCUT2D eigenvalue weighted by molar-refractivity contribution is 5.14. The number of rotatable bonds is 2. The highest BCUT2D eigenvalue weighted by Crippen LogP contribution is 2.13. The number of benzene rings is 1. The Labute approximate surface area is 94.5 Å². The van der Waals surface area contributed by atoms with Crippen molar-refractivity contribution in [1.82, 2.24) is 19.9 Å². The first-order valence-corrected chi connectivity index (χ1v) is 5.55. The number of hydrogen-bond acceptors (Lipinski definition) is 3. The SMILES string of the molecule is c1ccc(CN2CCn3nncc3C2)cc1. The molecule has 82 valence electrons. The minimum atomic E-state index is 0.946. The van der Waals surface area contributed by atoms with Crippen LogP contribution in [0.1, 0.15) is 11.3 Å². The molecule has 0 bridgehead atoms. The molecule has 1 aliphatic rings. The third-order valence-electron chi connectivity index (χ3n) is 2.96. The average Bonchev–Trinajstić information content (AvgIpc) is 2.77. The predicted octanol–water partition coefficient (Wildman–Crippen LogP) is 1.29. The first kappa shape index (κ1) is 9.54. The summed E-state index contributed by atoms with van der Waals surface area (Å²) in [7, 11) is 0. The van der Waals surface area contributed by atoms with E-state index in [1.165, 1.54) is 11.3 Å². The van der Waals surface area contributed by atoms with Crippen molar-refractivity contribution in [2.45, 2.75) is 19.6 Å². The van der Waals surface area contributed by atoms with E-state index < -0.39 is 0 Å². The average molecular weight is 214 g/mol. The third-order valence-corrected chi connectivity index (χ3v) is 2.96. The van der Waals surface area contributed by atoms with Crippen molar-refractivity contribution in [1.29, 1.82) is 0 Å². The lowest BCUT2D eigenvalue weighted by molar-refractivity contribution is 0.204. The second-order valence-electron chi connectivity index (χ2n) is 4.14. The van der Waals surface area contributed by atoms with Gasteiger partial charge in [0, 0.05) is 19.6 Å². The number of aromatic nitrogens is 3. The summed E-state index contributed by atoms with van der Waals surface area (Å²) in [5, 5.41) is 7.97. The van der Waals surface area contributed by atoms with Crippen LogP contribution in [0.2, 0.25) is 0 Å². The molecule has 3 rings (SSSR count). The van der Waals surface area contributed by atoms with Crippen LogP contribution in [-0.2, 0) is 19.6 Å². The summed E-state index contributed by atoms with van der Waals surface area (Å²) in [4.78, 5) is 2.42. The summed E-state index contributed by atoms with van der Waals surface area (Å²) in [5.41, 5.74) is 2.57. The fourth-order valence-electron chi connectivity index (χ4n) is 2.11. The number of nitrogens with zero attached hydrogens (tertiary/aromatic N) is 4. The maximum absolute atomic E-state index is 4.04. The van der Waals surface area contributed by atoms with Crippen molar-refractivity contribution < 1.29 is 0 Å². The molecule has 16 heavy (non-hydrogen) atoms. The molecule has 0 saturated carbocycles. The minimum absolute atomic E-state index is 0.946. The van der Waals surface area contributed by atoms with Crippen LogP contribution in [0.4, 0.5) is 0 Å². The Balaban J connectivity index is 1.71. The van der Waals surface area contributed by atoms with Crippen LogP contribution >= 0.6 is 0 Å². The van der Waals surface area contributed by atoms with Gasteiger partial charge in [-0.05, 0) is 5.56 Å². The van der Waals surface area contributed by atoms with Gasteiger partial charge in [-0.1, -0.05) is 35.5 Å². The summed E-state index contributed by atoms with van der Waals surface area (Å²) < 4.78 is 1.99. The Kier molecular flexibility index (Phi) is 2.42. The van der Waals surface area contributed by atoms with Crippen molar-refractivity contribution >= 4 is 0 Å². The summed E-state index contributed by atoms with van der Waals surface area (Å²) in [6.45, 7) is 3.95. The standard InChI is InChI=1S/C12H14N4/c1-2-4-11(5-3-1)9-15-6-7-16-12(10-15)8-13-14-16/h1-5,8H,6-7,9-10H2. The fraction of sp³-hybridized carbons (Fsp3) is 0.333. The van der Waals surface area contributed by atoms with E-state index in [0.717, 1.165) is 26.2 Å². The Morgan fingerprint density at radius 1 is 1.12 bits per heavy atom.